The van der Waals surface area contributed by atoms with Crippen molar-refractivity contribution in [1.29, 1.82) is 5.26 Å². The third kappa shape index (κ3) is 4.20. The highest BCUT2D eigenvalue weighted by Gasteiger charge is 2.38. The molecule has 0 aliphatic carbocycles. The number of benzene rings is 1. The summed E-state index contributed by atoms with van der Waals surface area (Å²) in [5, 5.41) is 9.56. The van der Waals surface area contributed by atoms with Gasteiger partial charge in [-0.3, -0.25) is 4.79 Å². The normalized spacial score (nSPS) is 16.3. The van der Waals surface area contributed by atoms with Crippen LogP contribution in [0.25, 0.3) is 0 Å². The number of hydrogen-bond donors (Lipinski definition) is 1. The average molecular weight is 372 g/mol. The number of methoxy groups -OCH3 is 2. The second-order valence-electron chi connectivity index (χ2n) is 5.51. The lowest BCUT2D eigenvalue weighted by atomic mass is 9.82. The second-order valence-corrected chi connectivity index (χ2v) is 5.51. The van der Waals surface area contributed by atoms with Crippen molar-refractivity contribution in [2.45, 2.75) is 19.3 Å². The maximum Gasteiger partial charge on any atom is 0.338 e. The topological polar surface area (TPSA) is 121 Å². The number of nitrogens with two attached hydrogens (primary N) is 1. The Bertz CT molecular complexity index is 833. The van der Waals surface area contributed by atoms with E-state index < -0.39 is 17.9 Å². The van der Waals surface area contributed by atoms with Gasteiger partial charge in [0.1, 0.15) is 29.6 Å². The van der Waals surface area contributed by atoms with Crippen LogP contribution in [-0.4, -0.2) is 32.8 Å². The lowest BCUT2D eigenvalue weighted by Crippen LogP contribution is -2.26. The van der Waals surface area contributed by atoms with Crippen molar-refractivity contribution in [3.8, 4) is 11.8 Å². The zero-order chi connectivity index (χ0) is 20.0. The van der Waals surface area contributed by atoms with Crippen molar-refractivity contribution in [2.75, 3.05) is 20.8 Å². The summed E-state index contributed by atoms with van der Waals surface area (Å²) in [6, 6.07) is 8.84. The number of carbonyl (C=O) groups is 2. The first-order chi connectivity index (χ1) is 13.0. The predicted octanol–water partition coefficient (Wildman–Crippen LogP) is 1.88. The molecule has 27 heavy (non-hydrogen) atoms. The van der Waals surface area contributed by atoms with Gasteiger partial charge < -0.3 is 24.7 Å². The van der Waals surface area contributed by atoms with Crippen LogP contribution < -0.4 is 10.5 Å². The summed E-state index contributed by atoms with van der Waals surface area (Å²) in [6.07, 6.45) is -0.326. The summed E-state index contributed by atoms with van der Waals surface area (Å²) >= 11 is 0. The van der Waals surface area contributed by atoms with E-state index >= 15 is 0 Å². The molecule has 0 spiro atoms. The maximum absolute atomic E-state index is 12.5. The Morgan fingerprint density at radius 1 is 1.22 bits per heavy atom. The summed E-state index contributed by atoms with van der Waals surface area (Å²) in [7, 11) is 2.42. The molecule has 1 unspecified atom stereocenters. The number of nitrogens with zero attached hydrogens (tertiary/aromatic N) is 1. The first-order valence-electron chi connectivity index (χ1n) is 8.15. The molecule has 1 aromatic carbocycles. The van der Waals surface area contributed by atoms with Crippen LogP contribution in [-0.2, 0) is 23.8 Å². The Morgan fingerprint density at radius 3 is 2.41 bits per heavy atom. The zero-order valence-corrected chi connectivity index (χ0v) is 15.3. The molecular weight excluding hydrogens is 352 g/mol. The van der Waals surface area contributed by atoms with E-state index in [9.17, 15) is 14.9 Å². The van der Waals surface area contributed by atoms with Crippen LogP contribution in [0.4, 0.5) is 0 Å². The van der Waals surface area contributed by atoms with Crippen LogP contribution in [0.2, 0.25) is 0 Å². The Kier molecular flexibility index (Phi) is 6.44. The van der Waals surface area contributed by atoms with Crippen LogP contribution in [0.5, 0.6) is 5.75 Å². The van der Waals surface area contributed by atoms with E-state index in [0.29, 0.717) is 17.9 Å². The number of esters is 2. The minimum absolute atomic E-state index is 0.0101. The van der Waals surface area contributed by atoms with Gasteiger partial charge in [-0.1, -0.05) is 12.1 Å². The quantitative estimate of drug-likeness (QED) is 0.751. The highest BCUT2D eigenvalue weighted by Crippen LogP contribution is 2.40. The van der Waals surface area contributed by atoms with Crippen molar-refractivity contribution in [1.82, 2.24) is 0 Å². The molecular formula is C19H20N2O6. The summed E-state index contributed by atoms with van der Waals surface area (Å²) < 4.78 is 20.3. The predicted molar refractivity (Wildman–Crippen MR) is 93.9 cm³/mol. The van der Waals surface area contributed by atoms with Gasteiger partial charge in [0, 0.05) is 0 Å². The van der Waals surface area contributed by atoms with Crippen LogP contribution in [0.1, 0.15) is 24.8 Å². The van der Waals surface area contributed by atoms with E-state index in [-0.39, 0.29) is 29.2 Å². The molecule has 2 rings (SSSR count). The van der Waals surface area contributed by atoms with Gasteiger partial charge in [0.2, 0.25) is 5.88 Å². The molecule has 1 heterocycles. The molecule has 142 valence electrons. The fraction of sp³-hybridized carbons (Fsp3) is 0.316. The molecule has 0 fully saturated rings. The van der Waals surface area contributed by atoms with Crippen LogP contribution >= 0.6 is 0 Å². The molecule has 1 atom stereocenters. The number of ether oxygens (including phenoxy) is 4. The van der Waals surface area contributed by atoms with Crippen molar-refractivity contribution in [3.63, 3.8) is 0 Å². The number of allylic oxidation sites excluding steroid dienone is 1. The fourth-order valence-electron chi connectivity index (χ4n) is 2.74. The highest BCUT2D eigenvalue weighted by molar-refractivity contribution is 5.93. The van der Waals surface area contributed by atoms with E-state index in [2.05, 4.69) is 4.74 Å². The molecule has 1 aromatic rings. The maximum atomic E-state index is 12.5. The van der Waals surface area contributed by atoms with Gasteiger partial charge in [-0.2, -0.15) is 5.26 Å². The molecule has 8 heteroatoms. The number of hydrogen-bond acceptors (Lipinski definition) is 8. The van der Waals surface area contributed by atoms with E-state index in [4.69, 9.17) is 19.9 Å². The van der Waals surface area contributed by atoms with Crippen LogP contribution in [0.15, 0.2) is 47.1 Å². The SMILES string of the molecule is CCOc1ccc(C2C(C#N)=C(N)OC(CC(=O)OC)=C2C(=O)OC)cc1. The van der Waals surface area contributed by atoms with Crippen LogP contribution in [0.3, 0.4) is 0 Å². The number of rotatable bonds is 6. The summed E-state index contributed by atoms with van der Waals surface area (Å²) in [4.78, 5) is 24.2. The lowest BCUT2D eigenvalue weighted by molar-refractivity contribution is -0.140. The molecule has 1 aliphatic rings. The zero-order valence-electron chi connectivity index (χ0n) is 15.3. The first kappa shape index (κ1) is 19.8. The van der Waals surface area contributed by atoms with Gasteiger partial charge in [0.05, 0.1) is 32.3 Å². The van der Waals surface area contributed by atoms with E-state index in [1.807, 2.05) is 13.0 Å². The highest BCUT2D eigenvalue weighted by atomic mass is 16.5. The van der Waals surface area contributed by atoms with Crippen molar-refractivity contribution in [2.24, 2.45) is 5.73 Å². The first-order valence-corrected chi connectivity index (χ1v) is 8.15. The minimum atomic E-state index is -0.841. The lowest BCUT2D eigenvalue weighted by Gasteiger charge is -2.27. The monoisotopic (exact) mass is 372 g/mol. The van der Waals surface area contributed by atoms with Crippen molar-refractivity contribution >= 4 is 11.9 Å². The van der Waals surface area contributed by atoms with Gasteiger partial charge in [-0.15, -0.1) is 0 Å². The minimum Gasteiger partial charge on any atom is -0.494 e. The summed E-state index contributed by atoms with van der Waals surface area (Å²) in [5.41, 5.74) is 6.55. The summed E-state index contributed by atoms with van der Waals surface area (Å²) in [5.74, 6) is -1.74. The standard InChI is InChI=1S/C19H20N2O6/c1-4-26-12-7-5-11(6-8-12)16-13(10-20)18(21)27-14(9-15(22)24-2)17(16)19(23)25-3/h5-8,16H,4,9,21H2,1-3H3. The smallest absolute Gasteiger partial charge is 0.338 e. The molecule has 0 aromatic heterocycles. The number of nitriles is 1. The molecule has 0 saturated heterocycles. The molecule has 0 bridgehead atoms. The van der Waals surface area contributed by atoms with Gasteiger partial charge in [0.25, 0.3) is 0 Å². The van der Waals surface area contributed by atoms with Gasteiger partial charge in [-0.25, -0.2) is 4.79 Å². The van der Waals surface area contributed by atoms with Gasteiger partial charge in [-0.05, 0) is 24.6 Å². The molecule has 2 N–H and O–H groups in total. The Labute approximate surface area is 156 Å². The second kappa shape index (κ2) is 8.76. The average Bonchev–Trinajstić information content (AvgIpc) is 2.67. The van der Waals surface area contributed by atoms with E-state index in [0.717, 1.165) is 0 Å². The molecule has 8 nitrogen and oxygen atoms in total. The number of carbonyl (C=O) groups excluding carboxylic acids is 2. The Hall–Kier alpha value is -3.47. The Morgan fingerprint density at radius 2 is 1.89 bits per heavy atom. The van der Waals surface area contributed by atoms with Gasteiger partial charge in [0.15, 0.2) is 0 Å². The molecule has 1 aliphatic heterocycles. The molecule has 0 amide bonds. The van der Waals surface area contributed by atoms with Crippen molar-refractivity contribution < 1.29 is 28.5 Å². The Balaban J connectivity index is 2.61. The van der Waals surface area contributed by atoms with Crippen molar-refractivity contribution in [3.05, 3.63) is 52.6 Å². The van der Waals surface area contributed by atoms with E-state index in [1.165, 1.54) is 14.2 Å². The molecule has 0 saturated carbocycles. The van der Waals surface area contributed by atoms with E-state index in [1.54, 1.807) is 24.3 Å². The fourth-order valence-corrected chi connectivity index (χ4v) is 2.74. The van der Waals surface area contributed by atoms with Gasteiger partial charge >= 0.3 is 11.9 Å². The van der Waals surface area contributed by atoms with Crippen LogP contribution in [0, 0.1) is 11.3 Å². The largest absolute Gasteiger partial charge is 0.494 e. The third-order valence-electron chi connectivity index (χ3n) is 3.96. The molecule has 0 radical (unpaired) electrons. The third-order valence-corrected chi connectivity index (χ3v) is 3.96. The summed E-state index contributed by atoms with van der Waals surface area (Å²) in [6.45, 7) is 2.37.